The summed E-state index contributed by atoms with van der Waals surface area (Å²) in [6.45, 7) is 9.70. The molecule has 1 aromatic rings. The van der Waals surface area contributed by atoms with Crippen LogP contribution in [0.25, 0.3) is 0 Å². The Labute approximate surface area is 90.5 Å². The van der Waals surface area contributed by atoms with Crippen LogP contribution in [0.2, 0.25) is 0 Å². The number of hydrogen-bond acceptors (Lipinski definition) is 1. The van der Waals surface area contributed by atoms with Crippen LogP contribution in [0.1, 0.15) is 17.3 Å². The van der Waals surface area contributed by atoms with Gasteiger partial charge in [-0.2, -0.15) is 0 Å². The molecule has 1 amide bonds. The second kappa shape index (κ2) is 5.15. The highest BCUT2D eigenvalue weighted by Crippen LogP contribution is 2.09. The van der Waals surface area contributed by atoms with Crippen molar-refractivity contribution in [1.29, 1.82) is 0 Å². The van der Waals surface area contributed by atoms with Gasteiger partial charge in [-0.25, -0.2) is 0 Å². The molecule has 2 heteroatoms. The highest BCUT2D eigenvalue weighted by Gasteiger charge is 2.13. The SMILES string of the molecule is C=CCN(C(=C)C)C(=O)c1ccccc1. The molecule has 0 N–H and O–H groups in total. The summed E-state index contributed by atoms with van der Waals surface area (Å²) in [5.74, 6) is -0.0389. The number of carbonyl (C=O) groups excluding carboxylic acids is 1. The van der Waals surface area contributed by atoms with E-state index in [1.807, 2.05) is 25.1 Å². The Morgan fingerprint density at radius 3 is 2.47 bits per heavy atom. The molecular formula is C13H15NO. The van der Waals surface area contributed by atoms with Gasteiger partial charge in [-0.1, -0.05) is 30.9 Å². The molecular weight excluding hydrogens is 186 g/mol. The molecule has 0 aliphatic carbocycles. The maximum absolute atomic E-state index is 12.0. The summed E-state index contributed by atoms with van der Waals surface area (Å²) in [7, 11) is 0. The van der Waals surface area contributed by atoms with Gasteiger partial charge in [-0.05, 0) is 19.1 Å². The molecule has 0 radical (unpaired) electrons. The van der Waals surface area contributed by atoms with Crippen LogP contribution >= 0.6 is 0 Å². The summed E-state index contributed by atoms with van der Waals surface area (Å²) in [6.07, 6.45) is 1.69. The van der Waals surface area contributed by atoms with Crippen LogP contribution in [0.15, 0.2) is 55.3 Å². The number of allylic oxidation sites excluding steroid dienone is 1. The first-order valence-corrected chi connectivity index (χ1v) is 4.80. The summed E-state index contributed by atoms with van der Waals surface area (Å²) in [4.78, 5) is 13.6. The van der Waals surface area contributed by atoms with Gasteiger partial charge in [0.25, 0.3) is 5.91 Å². The average Bonchev–Trinajstić information content (AvgIpc) is 2.26. The van der Waals surface area contributed by atoms with Crippen LogP contribution in [-0.2, 0) is 0 Å². The van der Waals surface area contributed by atoms with E-state index < -0.39 is 0 Å². The standard InChI is InChI=1S/C13H15NO/c1-4-10-14(11(2)3)13(15)12-8-6-5-7-9-12/h4-9H,1-2,10H2,3H3. The molecule has 0 saturated carbocycles. The van der Waals surface area contributed by atoms with Crippen LogP contribution in [0, 0.1) is 0 Å². The second-order valence-electron chi connectivity index (χ2n) is 3.31. The van der Waals surface area contributed by atoms with Gasteiger partial charge in [-0.15, -0.1) is 6.58 Å². The first kappa shape index (κ1) is 11.2. The van der Waals surface area contributed by atoms with Crippen molar-refractivity contribution < 1.29 is 4.79 Å². The number of benzene rings is 1. The molecule has 15 heavy (non-hydrogen) atoms. The molecule has 0 spiro atoms. The van der Waals surface area contributed by atoms with Gasteiger partial charge >= 0.3 is 0 Å². The van der Waals surface area contributed by atoms with Crippen molar-refractivity contribution in [1.82, 2.24) is 4.90 Å². The van der Waals surface area contributed by atoms with Crippen LogP contribution < -0.4 is 0 Å². The van der Waals surface area contributed by atoms with E-state index in [9.17, 15) is 4.79 Å². The van der Waals surface area contributed by atoms with Crippen molar-refractivity contribution in [2.24, 2.45) is 0 Å². The third-order valence-electron chi connectivity index (χ3n) is 2.04. The van der Waals surface area contributed by atoms with E-state index in [1.54, 1.807) is 23.1 Å². The molecule has 2 nitrogen and oxygen atoms in total. The van der Waals surface area contributed by atoms with Gasteiger partial charge < -0.3 is 4.90 Å². The van der Waals surface area contributed by atoms with Crippen molar-refractivity contribution >= 4 is 5.91 Å². The predicted octanol–water partition coefficient (Wildman–Crippen LogP) is 2.85. The quantitative estimate of drug-likeness (QED) is 0.686. The fourth-order valence-electron chi connectivity index (χ4n) is 1.28. The summed E-state index contributed by atoms with van der Waals surface area (Å²) in [5.41, 5.74) is 1.39. The van der Waals surface area contributed by atoms with E-state index in [2.05, 4.69) is 13.2 Å². The Morgan fingerprint density at radius 1 is 1.40 bits per heavy atom. The van der Waals surface area contributed by atoms with Gasteiger partial charge in [-0.3, -0.25) is 4.79 Å². The van der Waals surface area contributed by atoms with Gasteiger partial charge in [0.15, 0.2) is 0 Å². The van der Waals surface area contributed by atoms with Crippen molar-refractivity contribution in [3.8, 4) is 0 Å². The van der Waals surface area contributed by atoms with E-state index in [0.29, 0.717) is 12.1 Å². The maximum atomic E-state index is 12.0. The van der Waals surface area contributed by atoms with E-state index >= 15 is 0 Å². The molecule has 0 bridgehead atoms. The monoisotopic (exact) mass is 201 g/mol. The lowest BCUT2D eigenvalue weighted by Gasteiger charge is -2.20. The minimum absolute atomic E-state index is 0.0389. The Bertz CT molecular complexity index is 367. The van der Waals surface area contributed by atoms with E-state index in [-0.39, 0.29) is 5.91 Å². The van der Waals surface area contributed by atoms with Crippen LogP contribution in [-0.4, -0.2) is 17.4 Å². The third kappa shape index (κ3) is 2.81. The first-order chi connectivity index (χ1) is 7.16. The van der Waals surface area contributed by atoms with Gasteiger partial charge in [0, 0.05) is 17.8 Å². The Kier molecular flexibility index (Phi) is 3.86. The van der Waals surface area contributed by atoms with Crippen molar-refractivity contribution in [3.63, 3.8) is 0 Å². The first-order valence-electron chi connectivity index (χ1n) is 4.80. The fourth-order valence-corrected chi connectivity index (χ4v) is 1.28. The lowest BCUT2D eigenvalue weighted by molar-refractivity contribution is 0.0821. The zero-order valence-corrected chi connectivity index (χ0v) is 8.94. The van der Waals surface area contributed by atoms with Crippen molar-refractivity contribution in [2.75, 3.05) is 6.54 Å². The molecule has 0 atom stereocenters. The highest BCUT2D eigenvalue weighted by molar-refractivity contribution is 5.95. The van der Waals surface area contributed by atoms with Gasteiger partial charge in [0.2, 0.25) is 0 Å². The van der Waals surface area contributed by atoms with E-state index in [0.717, 1.165) is 5.70 Å². The number of rotatable bonds is 4. The van der Waals surface area contributed by atoms with Crippen molar-refractivity contribution in [3.05, 3.63) is 60.8 Å². The molecule has 0 fully saturated rings. The molecule has 1 rings (SSSR count). The third-order valence-corrected chi connectivity index (χ3v) is 2.04. The van der Waals surface area contributed by atoms with Crippen LogP contribution in [0.3, 0.4) is 0 Å². The summed E-state index contributed by atoms with van der Waals surface area (Å²) >= 11 is 0. The lowest BCUT2D eigenvalue weighted by Crippen LogP contribution is -2.28. The van der Waals surface area contributed by atoms with Gasteiger partial charge in [0.1, 0.15) is 0 Å². The number of amides is 1. The minimum Gasteiger partial charge on any atom is -0.309 e. The number of nitrogens with zero attached hydrogens (tertiary/aromatic N) is 1. The van der Waals surface area contributed by atoms with Crippen LogP contribution in [0.5, 0.6) is 0 Å². The smallest absolute Gasteiger partial charge is 0.258 e. The molecule has 0 aromatic heterocycles. The Hall–Kier alpha value is -1.83. The largest absolute Gasteiger partial charge is 0.309 e. The Balaban J connectivity index is 2.91. The van der Waals surface area contributed by atoms with E-state index in [4.69, 9.17) is 0 Å². The lowest BCUT2D eigenvalue weighted by atomic mass is 10.2. The van der Waals surface area contributed by atoms with E-state index in [1.165, 1.54) is 0 Å². The summed E-state index contributed by atoms with van der Waals surface area (Å²) in [5, 5.41) is 0. The van der Waals surface area contributed by atoms with Crippen LogP contribution in [0.4, 0.5) is 0 Å². The second-order valence-corrected chi connectivity index (χ2v) is 3.31. The molecule has 0 aliphatic rings. The molecule has 0 saturated heterocycles. The normalized spacial score (nSPS) is 9.40. The molecule has 0 unspecified atom stereocenters. The molecule has 78 valence electrons. The number of carbonyl (C=O) groups is 1. The predicted molar refractivity (Wildman–Crippen MR) is 62.5 cm³/mol. The molecule has 0 heterocycles. The zero-order valence-electron chi connectivity index (χ0n) is 8.94. The Morgan fingerprint density at radius 2 is 2.00 bits per heavy atom. The summed E-state index contributed by atoms with van der Waals surface area (Å²) < 4.78 is 0. The summed E-state index contributed by atoms with van der Waals surface area (Å²) in [6, 6.07) is 9.16. The number of hydrogen-bond donors (Lipinski definition) is 0. The minimum atomic E-state index is -0.0389. The van der Waals surface area contributed by atoms with Crippen molar-refractivity contribution in [2.45, 2.75) is 6.92 Å². The van der Waals surface area contributed by atoms with Gasteiger partial charge in [0.05, 0.1) is 0 Å². The zero-order chi connectivity index (χ0) is 11.3. The molecule has 0 aliphatic heterocycles. The topological polar surface area (TPSA) is 20.3 Å². The molecule has 1 aromatic carbocycles. The average molecular weight is 201 g/mol. The maximum Gasteiger partial charge on any atom is 0.258 e. The fraction of sp³-hybridized carbons (Fsp3) is 0.154. The highest BCUT2D eigenvalue weighted by atomic mass is 16.2.